The molecule has 0 saturated carbocycles. The van der Waals surface area contributed by atoms with E-state index in [0.717, 1.165) is 57.3 Å². The van der Waals surface area contributed by atoms with Gasteiger partial charge in [0.25, 0.3) is 0 Å². The molecule has 0 spiro atoms. The lowest BCUT2D eigenvalue weighted by Crippen LogP contribution is -2.50. The van der Waals surface area contributed by atoms with E-state index in [1.165, 1.54) is 6.42 Å². The summed E-state index contributed by atoms with van der Waals surface area (Å²) in [5, 5.41) is 4.24. The zero-order valence-corrected chi connectivity index (χ0v) is 17.9. The number of nitrogens with zero attached hydrogens (tertiary/aromatic N) is 3. The van der Waals surface area contributed by atoms with Crippen molar-refractivity contribution in [3.8, 4) is 0 Å². The zero-order chi connectivity index (χ0) is 19.2. The minimum Gasteiger partial charge on any atom is -0.444 e. The second-order valence-electron chi connectivity index (χ2n) is 8.21. The largest absolute Gasteiger partial charge is 0.444 e. The van der Waals surface area contributed by atoms with E-state index in [-0.39, 0.29) is 6.09 Å². The summed E-state index contributed by atoms with van der Waals surface area (Å²) in [6.07, 6.45) is 3.18. The highest BCUT2D eigenvalue weighted by Gasteiger charge is 2.28. The lowest BCUT2D eigenvalue weighted by Gasteiger charge is -2.36. The van der Waals surface area contributed by atoms with Gasteiger partial charge < -0.3 is 19.9 Å². The number of hydrogen-bond acceptors (Lipinski definition) is 4. The SMILES string of the molecule is CCC1CN(C(=NC)NCC2CCCN(C(=O)OC(C)(C)C)C2)CCS1. The number of hydrogen-bond donors (Lipinski definition) is 1. The summed E-state index contributed by atoms with van der Waals surface area (Å²) < 4.78 is 5.52. The van der Waals surface area contributed by atoms with Gasteiger partial charge in [0.15, 0.2) is 5.96 Å². The van der Waals surface area contributed by atoms with E-state index >= 15 is 0 Å². The molecule has 1 amide bonds. The number of likely N-dealkylation sites (tertiary alicyclic amines) is 1. The fraction of sp³-hybridized carbons (Fsp3) is 0.895. The molecule has 26 heavy (non-hydrogen) atoms. The molecule has 0 bridgehead atoms. The molecular formula is C19H36N4O2S. The standard InChI is InChI=1S/C19H36N4O2S/c1-6-16-14-22(10-11-26-16)17(20-5)21-12-15-8-7-9-23(13-15)18(24)25-19(2,3)4/h15-16H,6-14H2,1-5H3,(H,20,21). The Labute approximate surface area is 163 Å². The molecule has 0 aliphatic carbocycles. The first-order chi connectivity index (χ1) is 12.3. The number of carbonyl (C=O) groups excluding carboxylic acids is 1. The van der Waals surface area contributed by atoms with Crippen LogP contribution in [0.25, 0.3) is 0 Å². The number of nitrogens with one attached hydrogen (secondary N) is 1. The van der Waals surface area contributed by atoms with Crippen molar-refractivity contribution in [2.45, 2.75) is 57.8 Å². The lowest BCUT2D eigenvalue weighted by molar-refractivity contribution is 0.0168. The van der Waals surface area contributed by atoms with Gasteiger partial charge in [-0.05, 0) is 46.0 Å². The van der Waals surface area contributed by atoms with Crippen molar-refractivity contribution in [3.05, 3.63) is 0 Å². The van der Waals surface area contributed by atoms with Crippen LogP contribution in [-0.2, 0) is 4.74 Å². The highest BCUT2D eigenvalue weighted by atomic mass is 32.2. The van der Waals surface area contributed by atoms with Crippen LogP contribution in [0.5, 0.6) is 0 Å². The van der Waals surface area contributed by atoms with Gasteiger partial charge in [0, 0.05) is 50.8 Å². The first-order valence-corrected chi connectivity index (χ1v) is 10.9. The van der Waals surface area contributed by atoms with Gasteiger partial charge in [0.2, 0.25) is 0 Å². The molecule has 2 fully saturated rings. The van der Waals surface area contributed by atoms with E-state index in [2.05, 4.69) is 33.9 Å². The van der Waals surface area contributed by atoms with Gasteiger partial charge >= 0.3 is 6.09 Å². The molecule has 0 radical (unpaired) electrons. The summed E-state index contributed by atoms with van der Waals surface area (Å²) >= 11 is 2.07. The third-order valence-electron chi connectivity index (χ3n) is 4.82. The quantitative estimate of drug-likeness (QED) is 0.599. The molecule has 6 nitrogen and oxygen atoms in total. The fourth-order valence-electron chi connectivity index (χ4n) is 3.45. The number of piperidine rings is 1. The molecule has 0 aromatic rings. The van der Waals surface area contributed by atoms with Gasteiger partial charge in [0.1, 0.15) is 5.60 Å². The van der Waals surface area contributed by atoms with E-state index in [1.807, 2.05) is 32.7 Å². The maximum Gasteiger partial charge on any atom is 0.410 e. The van der Waals surface area contributed by atoms with Gasteiger partial charge in [-0.3, -0.25) is 4.99 Å². The van der Waals surface area contributed by atoms with Crippen LogP contribution >= 0.6 is 11.8 Å². The first kappa shape index (κ1) is 21.2. The second kappa shape index (κ2) is 9.72. The van der Waals surface area contributed by atoms with E-state index in [9.17, 15) is 4.79 Å². The molecule has 2 aliphatic heterocycles. The Balaban J connectivity index is 1.83. The lowest BCUT2D eigenvalue weighted by atomic mass is 9.98. The van der Waals surface area contributed by atoms with Crippen LogP contribution in [0.1, 0.15) is 47.0 Å². The van der Waals surface area contributed by atoms with Crippen molar-refractivity contribution in [3.63, 3.8) is 0 Å². The Morgan fingerprint density at radius 3 is 2.69 bits per heavy atom. The molecule has 1 N–H and O–H groups in total. The summed E-state index contributed by atoms with van der Waals surface area (Å²) in [6, 6.07) is 0. The maximum atomic E-state index is 12.3. The van der Waals surface area contributed by atoms with Gasteiger partial charge in [-0.25, -0.2) is 4.79 Å². The summed E-state index contributed by atoms with van der Waals surface area (Å²) in [6.45, 7) is 12.5. The number of thioether (sulfide) groups is 1. The molecule has 0 aromatic carbocycles. The minimum atomic E-state index is -0.438. The van der Waals surface area contributed by atoms with Crippen LogP contribution in [0.2, 0.25) is 0 Å². The molecular weight excluding hydrogens is 348 g/mol. The number of carbonyl (C=O) groups is 1. The molecule has 2 heterocycles. The van der Waals surface area contributed by atoms with E-state index in [1.54, 1.807) is 0 Å². The average Bonchev–Trinajstić information content (AvgIpc) is 2.61. The Hall–Kier alpha value is -1.11. The third-order valence-corrected chi connectivity index (χ3v) is 6.20. The first-order valence-electron chi connectivity index (χ1n) is 9.87. The predicted octanol–water partition coefficient (Wildman–Crippen LogP) is 3.04. The monoisotopic (exact) mass is 384 g/mol. The topological polar surface area (TPSA) is 57.2 Å². The van der Waals surface area contributed by atoms with Crippen LogP contribution in [0.3, 0.4) is 0 Å². The molecule has 2 saturated heterocycles. The zero-order valence-electron chi connectivity index (χ0n) is 17.1. The highest BCUT2D eigenvalue weighted by Crippen LogP contribution is 2.22. The van der Waals surface area contributed by atoms with Crippen molar-refractivity contribution >= 4 is 23.8 Å². The minimum absolute atomic E-state index is 0.189. The summed E-state index contributed by atoms with van der Waals surface area (Å²) in [4.78, 5) is 21.0. The van der Waals surface area contributed by atoms with Crippen molar-refractivity contribution in [2.75, 3.05) is 45.5 Å². The van der Waals surface area contributed by atoms with Crippen molar-refractivity contribution < 1.29 is 9.53 Å². The van der Waals surface area contributed by atoms with Crippen molar-refractivity contribution in [1.82, 2.24) is 15.1 Å². The Kier molecular flexibility index (Phi) is 7.92. The van der Waals surface area contributed by atoms with Gasteiger partial charge in [-0.2, -0.15) is 11.8 Å². The smallest absolute Gasteiger partial charge is 0.410 e. The number of aliphatic imine (C=N–C) groups is 1. The van der Waals surface area contributed by atoms with Crippen LogP contribution in [0, 0.1) is 5.92 Å². The molecule has 2 rings (SSSR count). The summed E-state index contributed by atoms with van der Waals surface area (Å²) in [7, 11) is 1.86. The molecule has 7 heteroatoms. The predicted molar refractivity (Wildman–Crippen MR) is 110 cm³/mol. The van der Waals surface area contributed by atoms with Gasteiger partial charge in [-0.15, -0.1) is 0 Å². The van der Waals surface area contributed by atoms with E-state index < -0.39 is 5.60 Å². The number of ether oxygens (including phenoxy) is 1. The van der Waals surface area contributed by atoms with Crippen LogP contribution in [-0.4, -0.2) is 78.2 Å². The average molecular weight is 385 g/mol. The molecule has 0 aromatic heterocycles. The van der Waals surface area contributed by atoms with Gasteiger partial charge in [-0.1, -0.05) is 6.92 Å². The van der Waals surface area contributed by atoms with Crippen molar-refractivity contribution in [2.24, 2.45) is 10.9 Å². The summed E-state index contributed by atoms with van der Waals surface area (Å²) in [5.74, 6) is 2.60. The van der Waals surface area contributed by atoms with E-state index in [4.69, 9.17) is 4.74 Å². The second-order valence-corrected chi connectivity index (χ2v) is 9.62. The Morgan fingerprint density at radius 2 is 2.04 bits per heavy atom. The van der Waals surface area contributed by atoms with Crippen molar-refractivity contribution in [1.29, 1.82) is 0 Å². The fourth-order valence-corrected chi connectivity index (χ4v) is 4.63. The Bertz CT molecular complexity index is 492. The van der Waals surface area contributed by atoms with E-state index in [0.29, 0.717) is 11.2 Å². The maximum absolute atomic E-state index is 12.3. The van der Waals surface area contributed by atoms with Crippen LogP contribution in [0.4, 0.5) is 4.79 Å². The number of amides is 1. The van der Waals surface area contributed by atoms with Crippen LogP contribution in [0.15, 0.2) is 4.99 Å². The number of rotatable bonds is 3. The third kappa shape index (κ3) is 6.56. The highest BCUT2D eigenvalue weighted by molar-refractivity contribution is 8.00. The molecule has 2 atom stereocenters. The molecule has 2 aliphatic rings. The molecule has 150 valence electrons. The van der Waals surface area contributed by atoms with Crippen LogP contribution < -0.4 is 5.32 Å². The normalized spacial score (nSPS) is 25.2. The Morgan fingerprint density at radius 1 is 1.27 bits per heavy atom. The summed E-state index contributed by atoms with van der Waals surface area (Å²) in [5.41, 5.74) is -0.438. The molecule has 2 unspecified atom stereocenters. The van der Waals surface area contributed by atoms with Gasteiger partial charge in [0.05, 0.1) is 0 Å². The number of guanidine groups is 1.